The molecule has 3 rings (SSSR count). The molecule has 0 aliphatic rings. The molecule has 7 heteroatoms. The molecule has 1 heterocycles. The lowest BCUT2D eigenvalue weighted by Gasteiger charge is -2.08. The fourth-order valence-corrected chi connectivity index (χ4v) is 3.54. The summed E-state index contributed by atoms with van der Waals surface area (Å²) in [5, 5.41) is 8.13. The van der Waals surface area contributed by atoms with Gasteiger partial charge in [0.2, 0.25) is 5.89 Å². The zero-order valence-electron chi connectivity index (χ0n) is 14.3. The second-order valence-electron chi connectivity index (χ2n) is 5.43. The highest BCUT2D eigenvalue weighted by atomic mass is 79.9. The molecule has 1 aromatic heterocycles. The van der Waals surface area contributed by atoms with E-state index in [4.69, 9.17) is 9.15 Å². The first-order valence-electron chi connectivity index (χ1n) is 8.10. The standard InChI is InChI=1S/C19H17BrN2O3S/c1-3-24-14-10-8-13(9-11-14)17(23)12(2)26-19-22-21-18(25-19)15-6-4-5-7-16(15)20/h4-12H,3H2,1-2H3/t12-/m1/s1. The zero-order valence-corrected chi connectivity index (χ0v) is 16.7. The number of ketones is 1. The van der Waals surface area contributed by atoms with Crippen LogP contribution < -0.4 is 4.74 Å². The van der Waals surface area contributed by atoms with Crippen molar-refractivity contribution in [3.05, 3.63) is 58.6 Å². The van der Waals surface area contributed by atoms with Gasteiger partial charge in [-0.25, -0.2) is 0 Å². The van der Waals surface area contributed by atoms with Crippen LogP contribution in [0, 0.1) is 0 Å². The van der Waals surface area contributed by atoms with Crippen LogP contribution in [0.2, 0.25) is 0 Å². The second-order valence-corrected chi connectivity index (χ2v) is 7.58. The quantitative estimate of drug-likeness (QED) is 0.374. The highest BCUT2D eigenvalue weighted by Gasteiger charge is 2.20. The maximum atomic E-state index is 12.6. The van der Waals surface area contributed by atoms with Crippen LogP contribution in [-0.2, 0) is 0 Å². The molecule has 0 fully saturated rings. The van der Waals surface area contributed by atoms with E-state index in [1.807, 2.05) is 38.1 Å². The van der Waals surface area contributed by atoms with Gasteiger partial charge in [0, 0.05) is 10.0 Å². The van der Waals surface area contributed by atoms with Crippen molar-refractivity contribution in [2.45, 2.75) is 24.3 Å². The SMILES string of the molecule is CCOc1ccc(C(=O)[C@@H](C)Sc2nnc(-c3ccccc3Br)o2)cc1. The number of rotatable bonds is 7. The summed E-state index contributed by atoms with van der Waals surface area (Å²) in [6.45, 7) is 4.34. The van der Waals surface area contributed by atoms with Gasteiger partial charge < -0.3 is 9.15 Å². The number of Topliss-reactive ketones (excluding diaryl/α,β-unsaturated/α-hetero) is 1. The molecule has 26 heavy (non-hydrogen) atoms. The number of hydrogen-bond donors (Lipinski definition) is 0. The smallest absolute Gasteiger partial charge is 0.277 e. The van der Waals surface area contributed by atoms with E-state index in [-0.39, 0.29) is 11.0 Å². The van der Waals surface area contributed by atoms with E-state index in [1.54, 1.807) is 24.3 Å². The second kappa shape index (κ2) is 8.51. The lowest BCUT2D eigenvalue weighted by molar-refractivity contribution is 0.0993. The van der Waals surface area contributed by atoms with E-state index in [9.17, 15) is 4.79 Å². The number of nitrogens with zero attached hydrogens (tertiary/aromatic N) is 2. The molecule has 0 bridgehead atoms. The van der Waals surface area contributed by atoms with Gasteiger partial charge >= 0.3 is 0 Å². The minimum Gasteiger partial charge on any atom is -0.494 e. The summed E-state index contributed by atoms with van der Waals surface area (Å²) in [5.74, 6) is 1.17. The molecule has 0 N–H and O–H groups in total. The van der Waals surface area contributed by atoms with Crippen LogP contribution >= 0.6 is 27.7 Å². The topological polar surface area (TPSA) is 65.2 Å². The van der Waals surface area contributed by atoms with Gasteiger partial charge in [-0.1, -0.05) is 23.9 Å². The first-order chi connectivity index (χ1) is 12.6. The Bertz CT molecular complexity index is 896. The third kappa shape index (κ3) is 4.34. The van der Waals surface area contributed by atoms with Crippen molar-refractivity contribution in [3.8, 4) is 17.2 Å². The van der Waals surface area contributed by atoms with Gasteiger partial charge in [-0.05, 0) is 66.2 Å². The van der Waals surface area contributed by atoms with Crippen LogP contribution in [0.5, 0.6) is 5.75 Å². The molecule has 0 saturated heterocycles. The molecule has 0 spiro atoms. The van der Waals surface area contributed by atoms with E-state index in [0.717, 1.165) is 15.8 Å². The zero-order chi connectivity index (χ0) is 18.5. The number of benzene rings is 2. The number of carbonyl (C=O) groups is 1. The largest absolute Gasteiger partial charge is 0.494 e. The fourth-order valence-electron chi connectivity index (χ4n) is 2.32. The summed E-state index contributed by atoms with van der Waals surface area (Å²) < 4.78 is 12.0. The third-order valence-corrected chi connectivity index (χ3v) is 5.23. The van der Waals surface area contributed by atoms with E-state index in [0.29, 0.717) is 23.3 Å². The fraction of sp³-hybridized carbons (Fsp3) is 0.211. The summed E-state index contributed by atoms with van der Waals surface area (Å²) in [6, 6.07) is 14.7. The minimum atomic E-state index is -0.347. The summed E-state index contributed by atoms with van der Waals surface area (Å²) in [4.78, 5) is 12.6. The Morgan fingerprint density at radius 3 is 2.62 bits per heavy atom. The summed E-state index contributed by atoms with van der Waals surface area (Å²) in [7, 11) is 0. The molecule has 134 valence electrons. The van der Waals surface area contributed by atoms with Crippen LogP contribution in [0.25, 0.3) is 11.5 Å². The molecule has 0 radical (unpaired) electrons. The molecule has 3 aromatic rings. The first-order valence-corrected chi connectivity index (χ1v) is 9.78. The number of thioether (sulfide) groups is 1. The van der Waals surface area contributed by atoms with Crippen molar-refractivity contribution in [2.75, 3.05) is 6.61 Å². The molecule has 0 aliphatic heterocycles. The van der Waals surface area contributed by atoms with Gasteiger partial charge in [0.25, 0.3) is 5.22 Å². The Hall–Kier alpha value is -2.12. The number of ether oxygens (including phenoxy) is 1. The number of halogens is 1. The van der Waals surface area contributed by atoms with Crippen LogP contribution in [0.15, 0.2) is 62.6 Å². The molecule has 0 unspecified atom stereocenters. The van der Waals surface area contributed by atoms with Gasteiger partial charge in [0.05, 0.1) is 17.4 Å². The van der Waals surface area contributed by atoms with E-state index >= 15 is 0 Å². The Labute approximate surface area is 164 Å². The first kappa shape index (κ1) is 18.7. The van der Waals surface area contributed by atoms with Crippen LogP contribution in [0.1, 0.15) is 24.2 Å². The van der Waals surface area contributed by atoms with Crippen LogP contribution in [0.3, 0.4) is 0 Å². The highest BCUT2D eigenvalue weighted by molar-refractivity contribution is 9.10. The predicted octanol–water partition coefficient (Wildman–Crippen LogP) is 5.26. The molecular formula is C19H17BrN2O3S. The minimum absolute atomic E-state index is 0.00121. The molecular weight excluding hydrogens is 416 g/mol. The van der Waals surface area contributed by atoms with Crippen molar-refractivity contribution in [2.24, 2.45) is 0 Å². The lowest BCUT2D eigenvalue weighted by Crippen LogP contribution is -2.13. The number of aromatic nitrogens is 2. The number of carbonyl (C=O) groups excluding carboxylic acids is 1. The Morgan fingerprint density at radius 2 is 1.92 bits per heavy atom. The molecule has 1 atom stereocenters. The van der Waals surface area contributed by atoms with Gasteiger partial charge in [-0.15, -0.1) is 10.2 Å². The molecule has 0 amide bonds. The average Bonchev–Trinajstić information content (AvgIpc) is 3.10. The van der Waals surface area contributed by atoms with Crippen molar-refractivity contribution in [1.29, 1.82) is 0 Å². The third-order valence-electron chi connectivity index (χ3n) is 3.61. The average molecular weight is 433 g/mol. The Kier molecular flexibility index (Phi) is 6.11. The Morgan fingerprint density at radius 1 is 1.19 bits per heavy atom. The van der Waals surface area contributed by atoms with Gasteiger partial charge in [-0.2, -0.15) is 0 Å². The summed E-state index contributed by atoms with van der Waals surface area (Å²) in [5.41, 5.74) is 1.44. The summed E-state index contributed by atoms with van der Waals surface area (Å²) in [6.07, 6.45) is 0. The Balaban J connectivity index is 1.69. The predicted molar refractivity (Wildman–Crippen MR) is 105 cm³/mol. The summed E-state index contributed by atoms with van der Waals surface area (Å²) >= 11 is 4.71. The van der Waals surface area contributed by atoms with Crippen molar-refractivity contribution < 1.29 is 13.9 Å². The van der Waals surface area contributed by atoms with Crippen molar-refractivity contribution in [3.63, 3.8) is 0 Å². The monoisotopic (exact) mass is 432 g/mol. The van der Waals surface area contributed by atoms with E-state index in [1.165, 1.54) is 11.8 Å². The van der Waals surface area contributed by atoms with E-state index in [2.05, 4.69) is 26.1 Å². The van der Waals surface area contributed by atoms with Gasteiger partial charge in [0.15, 0.2) is 5.78 Å². The van der Waals surface area contributed by atoms with Crippen LogP contribution in [-0.4, -0.2) is 27.8 Å². The maximum absolute atomic E-state index is 12.6. The molecule has 5 nitrogen and oxygen atoms in total. The van der Waals surface area contributed by atoms with Gasteiger partial charge in [-0.3, -0.25) is 4.79 Å². The van der Waals surface area contributed by atoms with Crippen molar-refractivity contribution >= 4 is 33.5 Å². The maximum Gasteiger partial charge on any atom is 0.277 e. The van der Waals surface area contributed by atoms with Gasteiger partial charge in [0.1, 0.15) is 5.75 Å². The molecule has 0 aliphatic carbocycles. The molecule has 0 saturated carbocycles. The lowest BCUT2D eigenvalue weighted by atomic mass is 10.1. The van der Waals surface area contributed by atoms with Crippen LogP contribution in [0.4, 0.5) is 0 Å². The molecule has 2 aromatic carbocycles. The van der Waals surface area contributed by atoms with E-state index < -0.39 is 0 Å². The van der Waals surface area contributed by atoms with Crippen molar-refractivity contribution in [1.82, 2.24) is 10.2 Å². The highest BCUT2D eigenvalue weighted by Crippen LogP contribution is 2.31. The normalized spacial score (nSPS) is 12.0. The number of hydrogen-bond acceptors (Lipinski definition) is 6.